The number of carbonyl (C=O) groups is 2. The maximum Gasteiger partial charge on any atom is 0.308 e. The molecule has 1 aromatic carbocycles. The summed E-state index contributed by atoms with van der Waals surface area (Å²) in [6.07, 6.45) is 0. The number of benzene rings is 1. The van der Waals surface area contributed by atoms with Gasteiger partial charge in [-0.15, -0.1) is 0 Å². The summed E-state index contributed by atoms with van der Waals surface area (Å²) in [4.78, 5) is 22.6. The third kappa shape index (κ3) is 4.01. The molecule has 0 saturated carbocycles. The lowest BCUT2D eigenvalue weighted by atomic mass is 9.96. The Labute approximate surface area is 109 Å². The number of rotatable bonds is 5. The number of amides is 1. The summed E-state index contributed by atoms with van der Waals surface area (Å²) >= 11 is 0. The second-order valence-corrected chi connectivity index (χ2v) is 4.53. The lowest BCUT2D eigenvalue weighted by Gasteiger charge is -2.16. The molecule has 0 fully saturated rings. The lowest BCUT2D eigenvalue weighted by molar-refractivity contribution is -0.142. The molecule has 104 valence electrons. The monoisotopic (exact) mass is 271 g/mol. The van der Waals surface area contributed by atoms with Crippen LogP contribution in [0.3, 0.4) is 0 Å². The van der Waals surface area contributed by atoms with Gasteiger partial charge in [0.2, 0.25) is 0 Å². The molecule has 1 atom stereocenters. The number of nitrogens with one attached hydrogen (secondary N) is 1. The van der Waals surface area contributed by atoms with Crippen molar-refractivity contribution >= 4 is 11.9 Å². The highest BCUT2D eigenvalue weighted by molar-refractivity contribution is 5.94. The standard InChI is InChI=1S/C13H15F2NO3/c1-7(2)9(13(18)19)6-16-12(17)8-3-4-10(14)11(15)5-8/h3-5,7,9H,6H2,1-2H3,(H,16,17)(H,18,19). The van der Waals surface area contributed by atoms with Gasteiger partial charge in [0.05, 0.1) is 5.92 Å². The van der Waals surface area contributed by atoms with Gasteiger partial charge < -0.3 is 10.4 Å². The van der Waals surface area contributed by atoms with E-state index in [1.807, 2.05) is 0 Å². The molecule has 2 N–H and O–H groups in total. The van der Waals surface area contributed by atoms with Crippen molar-refractivity contribution in [2.75, 3.05) is 6.54 Å². The van der Waals surface area contributed by atoms with E-state index >= 15 is 0 Å². The Kier molecular flexibility index (Phi) is 4.97. The van der Waals surface area contributed by atoms with Gasteiger partial charge in [0, 0.05) is 12.1 Å². The third-order valence-electron chi connectivity index (χ3n) is 2.79. The van der Waals surface area contributed by atoms with Crippen molar-refractivity contribution in [3.8, 4) is 0 Å². The average molecular weight is 271 g/mol. The van der Waals surface area contributed by atoms with E-state index in [1.54, 1.807) is 13.8 Å². The highest BCUT2D eigenvalue weighted by atomic mass is 19.2. The number of carboxylic acids is 1. The number of carboxylic acid groups (broad SMARTS) is 1. The molecule has 1 unspecified atom stereocenters. The Morgan fingerprint density at radius 3 is 2.37 bits per heavy atom. The van der Waals surface area contributed by atoms with Gasteiger partial charge >= 0.3 is 5.97 Å². The molecule has 4 nitrogen and oxygen atoms in total. The molecule has 0 heterocycles. The van der Waals surface area contributed by atoms with Gasteiger partial charge in [-0.3, -0.25) is 9.59 Å². The fourth-order valence-electron chi connectivity index (χ4n) is 1.55. The molecular formula is C13H15F2NO3. The van der Waals surface area contributed by atoms with Crippen LogP contribution in [0.1, 0.15) is 24.2 Å². The van der Waals surface area contributed by atoms with Gasteiger partial charge in [0.15, 0.2) is 11.6 Å². The van der Waals surface area contributed by atoms with Gasteiger partial charge in [0.1, 0.15) is 0 Å². The topological polar surface area (TPSA) is 66.4 Å². The van der Waals surface area contributed by atoms with E-state index in [0.29, 0.717) is 0 Å². The molecule has 1 amide bonds. The molecule has 0 aliphatic rings. The molecular weight excluding hydrogens is 256 g/mol. The van der Waals surface area contributed by atoms with Crippen LogP contribution in [0.4, 0.5) is 8.78 Å². The maximum atomic E-state index is 12.9. The van der Waals surface area contributed by atoms with Crippen LogP contribution in [0.2, 0.25) is 0 Å². The minimum Gasteiger partial charge on any atom is -0.481 e. The van der Waals surface area contributed by atoms with Crippen molar-refractivity contribution in [1.29, 1.82) is 0 Å². The third-order valence-corrected chi connectivity index (χ3v) is 2.79. The highest BCUT2D eigenvalue weighted by Gasteiger charge is 2.22. The Balaban J connectivity index is 2.69. The van der Waals surface area contributed by atoms with Crippen LogP contribution in [-0.2, 0) is 4.79 Å². The quantitative estimate of drug-likeness (QED) is 0.861. The van der Waals surface area contributed by atoms with Crippen LogP contribution in [0.5, 0.6) is 0 Å². The van der Waals surface area contributed by atoms with Crippen molar-refractivity contribution in [3.05, 3.63) is 35.4 Å². The largest absolute Gasteiger partial charge is 0.481 e. The van der Waals surface area contributed by atoms with Crippen LogP contribution in [0.25, 0.3) is 0 Å². The van der Waals surface area contributed by atoms with E-state index in [4.69, 9.17) is 5.11 Å². The normalized spacial score (nSPS) is 12.3. The predicted octanol–water partition coefficient (Wildman–Crippen LogP) is 2.05. The summed E-state index contributed by atoms with van der Waals surface area (Å²) in [7, 11) is 0. The first kappa shape index (κ1) is 15.1. The summed E-state index contributed by atoms with van der Waals surface area (Å²) in [5.74, 6) is -4.68. The summed E-state index contributed by atoms with van der Waals surface area (Å²) < 4.78 is 25.6. The zero-order valence-corrected chi connectivity index (χ0v) is 10.6. The molecule has 6 heteroatoms. The fraction of sp³-hybridized carbons (Fsp3) is 0.385. The number of hydrogen-bond acceptors (Lipinski definition) is 2. The minimum atomic E-state index is -1.12. The van der Waals surface area contributed by atoms with E-state index in [1.165, 1.54) is 0 Å². The first-order valence-electron chi connectivity index (χ1n) is 5.79. The average Bonchev–Trinajstić information content (AvgIpc) is 2.31. The second-order valence-electron chi connectivity index (χ2n) is 4.53. The molecule has 1 rings (SSSR count). The fourth-order valence-corrected chi connectivity index (χ4v) is 1.55. The summed E-state index contributed by atoms with van der Waals surface area (Å²) in [6.45, 7) is 3.38. The molecule has 0 aliphatic carbocycles. The zero-order chi connectivity index (χ0) is 14.6. The van der Waals surface area contributed by atoms with E-state index < -0.39 is 29.4 Å². The lowest BCUT2D eigenvalue weighted by Crippen LogP contribution is -2.35. The maximum absolute atomic E-state index is 12.9. The van der Waals surface area contributed by atoms with Crippen LogP contribution in [0, 0.1) is 23.5 Å². The Morgan fingerprint density at radius 2 is 1.89 bits per heavy atom. The number of aliphatic carboxylic acids is 1. The van der Waals surface area contributed by atoms with E-state index in [0.717, 1.165) is 18.2 Å². The summed E-state index contributed by atoms with van der Waals surface area (Å²) in [5, 5.41) is 11.3. The molecule has 0 saturated heterocycles. The number of halogens is 2. The van der Waals surface area contributed by atoms with Crippen molar-refractivity contribution in [3.63, 3.8) is 0 Å². The van der Waals surface area contributed by atoms with Gasteiger partial charge in [-0.1, -0.05) is 13.8 Å². The Morgan fingerprint density at radius 1 is 1.26 bits per heavy atom. The summed E-state index contributed by atoms with van der Waals surface area (Å²) in [6, 6.07) is 2.76. The number of carbonyl (C=O) groups excluding carboxylic acids is 1. The number of hydrogen-bond donors (Lipinski definition) is 2. The molecule has 0 spiro atoms. The predicted molar refractivity (Wildman–Crippen MR) is 64.7 cm³/mol. The second kappa shape index (κ2) is 6.26. The first-order chi connectivity index (χ1) is 8.82. The zero-order valence-electron chi connectivity index (χ0n) is 10.6. The van der Waals surface area contributed by atoms with Crippen LogP contribution in [0.15, 0.2) is 18.2 Å². The molecule has 0 aliphatic heterocycles. The van der Waals surface area contributed by atoms with Crippen molar-refractivity contribution in [2.24, 2.45) is 11.8 Å². The SMILES string of the molecule is CC(C)C(CNC(=O)c1ccc(F)c(F)c1)C(=O)O. The van der Waals surface area contributed by atoms with Crippen molar-refractivity contribution in [2.45, 2.75) is 13.8 Å². The summed E-state index contributed by atoms with van der Waals surface area (Å²) in [5.41, 5.74) is -0.0493. The molecule has 1 aromatic rings. The smallest absolute Gasteiger partial charge is 0.308 e. The van der Waals surface area contributed by atoms with Gasteiger partial charge in [-0.25, -0.2) is 8.78 Å². The Bertz CT molecular complexity index is 489. The molecule has 0 radical (unpaired) electrons. The molecule has 19 heavy (non-hydrogen) atoms. The Hall–Kier alpha value is -1.98. The van der Waals surface area contributed by atoms with E-state index in [9.17, 15) is 18.4 Å². The van der Waals surface area contributed by atoms with E-state index in [2.05, 4.69) is 5.32 Å². The van der Waals surface area contributed by atoms with Crippen molar-refractivity contribution < 1.29 is 23.5 Å². The molecule has 0 bridgehead atoms. The van der Waals surface area contributed by atoms with Gasteiger partial charge in [0.25, 0.3) is 5.91 Å². The van der Waals surface area contributed by atoms with Crippen LogP contribution >= 0.6 is 0 Å². The van der Waals surface area contributed by atoms with Crippen molar-refractivity contribution in [1.82, 2.24) is 5.32 Å². The van der Waals surface area contributed by atoms with Crippen LogP contribution < -0.4 is 5.32 Å². The van der Waals surface area contributed by atoms with Gasteiger partial charge in [-0.2, -0.15) is 0 Å². The van der Waals surface area contributed by atoms with Gasteiger partial charge in [-0.05, 0) is 24.1 Å². The first-order valence-corrected chi connectivity index (χ1v) is 5.79. The van der Waals surface area contributed by atoms with E-state index in [-0.39, 0.29) is 18.0 Å². The molecule has 0 aromatic heterocycles. The minimum absolute atomic E-state index is 0.0493. The highest BCUT2D eigenvalue weighted by Crippen LogP contribution is 2.11. The van der Waals surface area contributed by atoms with Crippen LogP contribution in [-0.4, -0.2) is 23.5 Å².